The molecule has 2 N–H and O–H groups in total. The van der Waals surface area contributed by atoms with Gasteiger partial charge in [0.1, 0.15) is 0 Å². The van der Waals surface area contributed by atoms with Gasteiger partial charge in [-0.05, 0) is 34.6 Å². The average Bonchev–Trinajstić information content (AvgIpc) is 2.43. The highest BCUT2D eigenvalue weighted by atomic mass is 16.2. The fourth-order valence-electron chi connectivity index (χ4n) is 1.94. The van der Waals surface area contributed by atoms with E-state index in [0.29, 0.717) is 13.0 Å². The molecule has 0 aromatic carbocycles. The molecule has 0 spiro atoms. The minimum Gasteiger partial charge on any atom is -0.336 e. The summed E-state index contributed by atoms with van der Waals surface area (Å²) in [7, 11) is 0. The zero-order chi connectivity index (χ0) is 13.2. The van der Waals surface area contributed by atoms with E-state index in [1.807, 2.05) is 39.5 Å². The number of nitrogens with one attached hydrogen (secondary N) is 2. The van der Waals surface area contributed by atoms with E-state index in [4.69, 9.17) is 0 Å². The third-order valence-corrected chi connectivity index (χ3v) is 2.69. The van der Waals surface area contributed by atoms with Gasteiger partial charge in [-0.25, -0.2) is 4.79 Å². The molecule has 17 heavy (non-hydrogen) atoms. The molecule has 1 atom stereocenters. The molecule has 5 nitrogen and oxygen atoms in total. The number of hydrogen-bond acceptors (Lipinski definition) is 2. The number of nitrogens with zero attached hydrogens (tertiary/aromatic N) is 1. The Morgan fingerprint density at radius 2 is 2.00 bits per heavy atom. The van der Waals surface area contributed by atoms with Gasteiger partial charge in [0, 0.05) is 24.5 Å². The van der Waals surface area contributed by atoms with E-state index < -0.39 is 0 Å². The van der Waals surface area contributed by atoms with Crippen LogP contribution in [0.1, 0.15) is 41.0 Å². The number of urea groups is 1. The van der Waals surface area contributed by atoms with Crippen molar-refractivity contribution in [3.05, 3.63) is 0 Å². The fraction of sp³-hybridized carbons (Fsp3) is 0.833. The largest absolute Gasteiger partial charge is 0.336 e. The summed E-state index contributed by atoms with van der Waals surface area (Å²) in [5, 5.41) is 5.59. The summed E-state index contributed by atoms with van der Waals surface area (Å²) in [5.74, 6) is 0.104. The van der Waals surface area contributed by atoms with Crippen molar-refractivity contribution >= 4 is 11.9 Å². The van der Waals surface area contributed by atoms with Gasteiger partial charge in [-0.3, -0.25) is 4.79 Å². The number of amides is 3. The minimum atomic E-state index is -0.200. The monoisotopic (exact) mass is 241 g/mol. The predicted molar refractivity (Wildman–Crippen MR) is 66.7 cm³/mol. The van der Waals surface area contributed by atoms with E-state index >= 15 is 0 Å². The first kappa shape index (κ1) is 13.8. The van der Waals surface area contributed by atoms with Gasteiger partial charge in [0.05, 0.1) is 6.04 Å². The second-order valence-corrected chi connectivity index (χ2v) is 5.85. The lowest BCUT2D eigenvalue weighted by Crippen LogP contribution is -2.47. The Morgan fingerprint density at radius 3 is 2.41 bits per heavy atom. The highest BCUT2D eigenvalue weighted by Crippen LogP contribution is 2.21. The van der Waals surface area contributed by atoms with Crippen LogP contribution in [-0.4, -0.2) is 41.0 Å². The van der Waals surface area contributed by atoms with Gasteiger partial charge in [-0.15, -0.1) is 0 Å². The number of likely N-dealkylation sites (tertiary alicyclic amines) is 1. The van der Waals surface area contributed by atoms with E-state index in [1.54, 1.807) is 0 Å². The molecule has 1 aliphatic heterocycles. The zero-order valence-electron chi connectivity index (χ0n) is 11.3. The predicted octanol–water partition coefficient (Wildman–Crippen LogP) is 1.09. The summed E-state index contributed by atoms with van der Waals surface area (Å²) in [5.41, 5.74) is -0.179. The van der Waals surface area contributed by atoms with Crippen LogP contribution in [0, 0.1) is 0 Å². The SMILES string of the molecule is CC(C)NC(=O)NC1CC(=O)N(C(C)(C)C)C1. The van der Waals surface area contributed by atoms with Gasteiger partial charge in [-0.2, -0.15) is 0 Å². The average molecular weight is 241 g/mol. The zero-order valence-corrected chi connectivity index (χ0v) is 11.3. The molecule has 3 amide bonds. The van der Waals surface area contributed by atoms with Gasteiger partial charge >= 0.3 is 6.03 Å². The maximum absolute atomic E-state index is 11.8. The molecule has 0 aromatic heterocycles. The van der Waals surface area contributed by atoms with Crippen molar-refractivity contribution in [3.63, 3.8) is 0 Å². The lowest BCUT2D eigenvalue weighted by atomic mass is 10.1. The van der Waals surface area contributed by atoms with Gasteiger partial charge in [0.2, 0.25) is 5.91 Å². The second-order valence-electron chi connectivity index (χ2n) is 5.85. The molecule has 0 bridgehead atoms. The molecular formula is C12H23N3O2. The van der Waals surface area contributed by atoms with E-state index in [9.17, 15) is 9.59 Å². The lowest BCUT2D eigenvalue weighted by Gasteiger charge is -2.32. The van der Waals surface area contributed by atoms with Crippen LogP contribution in [0.25, 0.3) is 0 Å². The van der Waals surface area contributed by atoms with Crippen LogP contribution in [-0.2, 0) is 4.79 Å². The van der Waals surface area contributed by atoms with Crippen LogP contribution < -0.4 is 10.6 Å². The lowest BCUT2D eigenvalue weighted by molar-refractivity contribution is -0.131. The molecule has 1 saturated heterocycles. The van der Waals surface area contributed by atoms with Crippen molar-refractivity contribution < 1.29 is 9.59 Å². The quantitative estimate of drug-likeness (QED) is 0.760. The molecule has 1 rings (SSSR count). The molecule has 0 radical (unpaired) electrons. The summed E-state index contributed by atoms with van der Waals surface area (Å²) in [4.78, 5) is 25.1. The van der Waals surface area contributed by atoms with Crippen molar-refractivity contribution in [2.75, 3.05) is 6.54 Å². The van der Waals surface area contributed by atoms with Gasteiger partial charge < -0.3 is 15.5 Å². The summed E-state index contributed by atoms with van der Waals surface area (Å²) >= 11 is 0. The van der Waals surface area contributed by atoms with Crippen molar-refractivity contribution in [2.24, 2.45) is 0 Å². The summed E-state index contributed by atoms with van der Waals surface area (Å²) < 4.78 is 0. The maximum atomic E-state index is 11.8. The molecule has 1 aliphatic rings. The van der Waals surface area contributed by atoms with E-state index in [1.165, 1.54) is 0 Å². The van der Waals surface area contributed by atoms with Gasteiger partial charge in [0.15, 0.2) is 0 Å². The first-order chi connectivity index (χ1) is 7.70. The molecule has 1 unspecified atom stereocenters. The van der Waals surface area contributed by atoms with Crippen molar-refractivity contribution in [3.8, 4) is 0 Å². The number of carbonyl (C=O) groups excluding carboxylic acids is 2. The van der Waals surface area contributed by atoms with Crippen molar-refractivity contribution in [1.29, 1.82) is 0 Å². The highest BCUT2D eigenvalue weighted by Gasteiger charge is 2.36. The van der Waals surface area contributed by atoms with Crippen molar-refractivity contribution in [1.82, 2.24) is 15.5 Å². The van der Waals surface area contributed by atoms with E-state index in [-0.39, 0.29) is 29.6 Å². The van der Waals surface area contributed by atoms with E-state index in [0.717, 1.165) is 0 Å². The molecule has 1 heterocycles. The smallest absolute Gasteiger partial charge is 0.315 e. The van der Waals surface area contributed by atoms with Gasteiger partial charge in [0.25, 0.3) is 0 Å². The second kappa shape index (κ2) is 4.94. The summed E-state index contributed by atoms with van der Waals surface area (Å²) in [6, 6.07) is -0.181. The molecule has 0 aromatic rings. The number of hydrogen-bond donors (Lipinski definition) is 2. The van der Waals surface area contributed by atoms with Crippen LogP contribution >= 0.6 is 0 Å². The molecule has 0 aliphatic carbocycles. The Morgan fingerprint density at radius 1 is 1.41 bits per heavy atom. The van der Waals surface area contributed by atoms with Crippen LogP contribution in [0.2, 0.25) is 0 Å². The van der Waals surface area contributed by atoms with Gasteiger partial charge in [-0.1, -0.05) is 0 Å². The first-order valence-electron chi connectivity index (χ1n) is 6.07. The Kier molecular flexibility index (Phi) is 4.01. The fourth-order valence-corrected chi connectivity index (χ4v) is 1.94. The molecule has 5 heteroatoms. The third kappa shape index (κ3) is 3.91. The van der Waals surface area contributed by atoms with Crippen LogP contribution in [0.15, 0.2) is 0 Å². The first-order valence-corrected chi connectivity index (χ1v) is 6.07. The molecular weight excluding hydrogens is 218 g/mol. The van der Waals surface area contributed by atoms with Crippen LogP contribution in [0.3, 0.4) is 0 Å². The van der Waals surface area contributed by atoms with Crippen LogP contribution in [0.5, 0.6) is 0 Å². The standard InChI is InChI=1S/C12H23N3O2/c1-8(2)13-11(17)14-9-6-10(16)15(7-9)12(3,4)5/h8-9H,6-7H2,1-5H3,(H2,13,14,17). The topological polar surface area (TPSA) is 61.4 Å². The maximum Gasteiger partial charge on any atom is 0.315 e. The minimum absolute atomic E-state index is 0.0829. The number of rotatable bonds is 2. The van der Waals surface area contributed by atoms with E-state index in [2.05, 4.69) is 10.6 Å². The Hall–Kier alpha value is -1.26. The normalized spacial score (nSPS) is 20.9. The molecule has 98 valence electrons. The Labute approximate surface area is 103 Å². The third-order valence-electron chi connectivity index (χ3n) is 2.69. The summed E-state index contributed by atoms with van der Waals surface area (Å²) in [6.07, 6.45) is 0.392. The molecule has 0 saturated carbocycles. The number of carbonyl (C=O) groups is 2. The Balaban J connectivity index is 2.50. The highest BCUT2D eigenvalue weighted by molar-refractivity contribution is 5.82. The van der Waals surface area contributed by atoms with Crippen molar-refractivity contribution in [2.45, 2.75) is 58.7 Å². The summed E-state index contributed by atoms with van der Waals surface area (Å²) in [6.45, 7) is 10.4. The van der Waals surface area contributed by atoms with Crippen LogP contribution in [0.4, 0.5) is 4.79 Å². The Bertz CT molecular complexity index is 307. The molecule has 1 fully saturated rings.